The summed E-state index contributed by atoms with van der Waals surface area (Å²) >= 11 is 5.82. The van der Waals surface area contributed by atoms with Crippen molar-refractivity contribution in [2.45, 2.75) is 44.6 Å². The van der Waals surface area contributed by atoms with Gasteiger partial charge in [-0.05, 0) is 49.9 Å². The third-order valence-corrected chi connectivity index (χ3v) is 3.17. The van der Waals surface area contributed by atoms with Gasteiger partial charge < -0.3 is 4.74 Å². The van der Waals surface area contributed by atoms with Crippen LogP contribution < -0.4 is 4.74 Å². The van der Waals surface area contributed by atoms with Gasteiger partial charge >= 0.3 is 0 Å². The molecule has 1 nitrogen and oxygen atoms in total. The highest BCUT2D eigenvalue weighted by molar-refractivity contribution is 6.30. The van der Waals surface area contributed by atoms with E-state index < -0.39 is 0 Å². The molecule has 0 heterocycles. The molecule has 0 bridgehead atoms. The summed E-state index contributed by atoms with van der Waals surface area (Å²) in [6, 6.07) is 7.67. The van der Waals surface area contributed by atoms with Crippen LogP contribution in [0.25, 0.3) is 0 Å². The van der Waals surface area contributed by atoms with E-state index in [1.54, 1.807) is 0 Å². The summed E-state index contributed by atoms with van der Waals surface area (Å²) in [7, 11) is 0. The van der Waals surface area contributed by atoms with Crippen LogP contribution in [-0.2, 0) is 0 Å². The fourth-order valence-electron chi connectivity index (χ4n) is 2.07. The van der Waals surface area contributed by atoms with Gasteiger partial charge in [-0.15, -0.1) is 0 Å². The second-order valence-electron chi connectivity index (χ2n) is 4.19. The Bertz CT molecular complexity index is 286. The van der Waals surface area contributed by atoms with Crippen molar-refractivity contribution in [3.63, 3.8) is 0 Å². The number of benzene rings is 1. The maximum atomic E-state index is 5.93. The summed E-state index contributed by atoms with van der Waals surface area (Å²) in [5.41, 5.74) is 0. The molecule has 1 aromatic rings. The Kier molecular flexibility index (Phi) is 3.90. The Hall–Kier alpha value is -0.690. The highest BCUT2D eigenvalue weighted by Gasteiger charge is 2.13. The molecule has 1 aromatic carbocycles. The normalized spacial score (nSPS) is 18.5. The topological polar surface area (TPSA) is 9.23 Å². The van der Waals surface area contributed by atoms with Gasteiger partial charge in [-0.25, -0.2) is 0 Å². The molecular weight excluding hydrogens is 208 g/mol. The van der Waals surface area contributed by atoms with Crippen molar-refractivity contribution >= 4 is 11.6 Å². The lowest BCUT2D eigenvalue weighted by Crippen LogP contribution is -2.14. The second kappa shape index (κ2) is 5.41. The van der Waals surface area contributed by atoms with E-state index in [2.05, 4.69) is 0 Å². The predicted molar refractivity (Wildman–Crippen MR) is 63.6 cm³/mol. The van der Waals surface area contributed by atoms with E-state index >= 15 is 0 Å². The monoisotopic (exact) mass is 224 g/mol. The minimum atomic E-state index is 0.411. The van der Waals surface area contributed by atoms with Crippen molar-refractivity contribution in [3.8, 4) is 5.75 Å². The Morgan fingerprint density at radius 2 is 1.53 bits per heavy atom. The van der Waals surface area contributed by atoms with E-state index in [0.29, 0.717) is 6.10 Å². The molecule has 0 atom stereocenters. The number of halogens is 1. The van der Waals surface area contributed by atoms with Crippen molar-refractivity contribution in [2.24, 2.45) is 0 Å². The van der Waals surface area contributed by atoms with Crippen molar-refractivity contribution in [3.05, 3.63) is 29.3 Å². The van der Waals surface area contributed by atoms with Crippen LogP contribution in [0.15, 0.2) is 24.3 Å². The zero-order valence-corrected chi connectivity index (χ0v) is 9.67. The first-order chi connectivity index (χ1) is 7.34. The molecular formula is C13H17ClO. The molecule has 0 aromatic heterocycles. The third-order valence-electron chi connectivity index (χ3n) is 2.92. The summed E-state index contributed by atoms with van der Waals surface area (Å²) in [6.45, 7) is 0. The summed E-state index contributed by atoms with van der Waals surface area (Å²) in [4.78, 5) is 0. The van der Waals surface area contributed by atoms with Gasteiger partial charge in [-0.3, -0.25) is 0 Å². The van der Waals surface area contributed by atoms with Gasteiger partial charge in [0.2, 0.25) is 0 Å². The third kappa shape index (κ3) is 3.42. The Balaban J connectivity index is 1.92. The quantitative estimate of drug-likeness (QED) is 0.675. The Morgan fingerprint density at radius 3 is 2.13 bits per heavy atom. The summed E-state index contributed by atoms with van der Waals surface area (Å²) in [5, 5.41) is 0.767. The standard InChI is InChI=1S/C13H17ClO/c14-11-7-9-13(10-8-11)15-12-5-3-1-2-4-6-12/h7-10,12H,1-6H2. The van der Waals surface area contributed by atoms with E-state index in [-0.39, 0.29) is 0 Å². The summed E-state index contributed by atoms with van der Waals surface area (Å²) < 4.78 is 5.93. The number of hydrogen-bond donors (Lipinski definition) is 0. The van der Waals surface area contributed by atoms with Crippen LogP contribution in [0.4, 0.5) is 0 Å². The minimum Gasteiger partial charge on any atom is -0.490 e. The SMILES string of the molecule is Clc1ccc(OC2CCCCCC2)cc1. The lowest BCUT2D eigenvalue weighted by Gasteiger charge is -2.16. The van der Waals surface area contributed by atoms with Gasteiger partial charge in [-0.2, -0.15) is 0 Å². The summed E-state index contributed by atoms with van der Waals surface area (Å²) in [5.74, 6) is 0.950. The van der Waals surface area contributed by atoms with Gasteiger partial charge in [-0.1, -0.05) is 24.4 Å². The van der Waals surface area contributed by atoms with Crippen LogP contribution in [0, 0.1) is 0 Å². The predicted octanol–water partition coefficient (Wildman–Crippen LogP) is 4.44. The van der Waals surface area contributed by atoms with Crippen molar-refractivity contribution < 1.29 is 4.74 Å². The molecule has 0 spiro atoms. The van der Waals surface area contributed by atoms with Crippen LogP contribution in [-0.4, -0.2) is 6.10 Å². The number of rotatable bonds is 2. The minimum absolute atomic E-state index is 0.411. The van der Waals surface area contributed by atoms with Crippen LogP contribution in [0.2, 0.25) is 5.02 Å². The fourth-order valence-corrected chi connectivity index (χ4v) is 2.19. The lowest BCUT2D eigenvalue weighted by atomic mass is 10.1. The fraction of sp³-hybridized carbons (Fsp3) is 0.538. The zero-order chi connectivity index (χ0) is 10.5. The average Bonchev–Trinajstić information content (AvgIpc) is 2.50. The van der Waals surface area contributed by atoms with Crippen molar-refractivity contribution in [1.29, 1.82) is 0 Å². The van der Waals surface area contributed by atoms with Crippen molar-refractivity contribution in [2.75, 3.05) is 0 Å². The molecule has 0 aliphatic heterocycles. The van der Waals surface area contributed by atoms with Gasteiger partial charge in [0, 0.05) is 5.02 Å². The van der Waals surface area contributed by atoms with Crippen LogP contribution in [0.3, 0.4) is 0 Å². The molecule has 0 unspecified atom stereocenters. The molecule has 15 heavy (non-hydrogen) atoms. The van der Waals surface area contributed by atoms with Crippen LogP contribution >= 0.6 is 11.6 Å². The molecule has 0 saturated heterocycles. The van der Waals surface area contributed by atoms with E-state index in [0.717, 1.165) is 10.8 Å². The molecule has 0 amide bonds. The van der Waals surface area contributed by atoms with E-state index in [1.165, 1.54) is 38.5 Å². The Labute approximate surface area is 96.4 Å². The molecule has 1 fully saturated rings. The van der Waals surface area contributed by atoms with Gasteiger partial charge in [0.1, 0.15) is 5.75 Å². The van der Waals surface area contributed by atoms with E-state index in [9.17, 15) is 0 Å². The van der Waals surface area contributed by atoms with Gasteiger partial charge in [0.05, 0.1) is 6.10 Å². The average molecular weight is 225 g/mol. The lowest BCUT2D eigenvalue weighted by molar-refractivity contribution is 0.184. The first-order valence-corrected chi connectivity index (χ1v) is 6.14. The van der Waals surface area contributed by atoms with Crippen LogP contribution in [0.5, 0.6) is 5.75 Å². The molecule has 1 aliphatic rings. The first-order valence-electron chi connectivity index (χ1n) is 5.77. The van der Waals surface area contributed by atoms with Crippen molar-refractivity contribution in [1.82, 2.24) is 0 Å². The number of hydrogen-bond acceptors (Lipinski definition) is 1. The maximum Gasteiger partial charge on any atom is 0.119 e. The molecule has 1 aliphatic carbocycles. The largest absolute Gasteiger partial charge is 0.490 e. The molecule has 82 valence electrons. The maximum absolute atomic E-state index is 5.93. The molecule has 2 rings (SSSR count). The van der Waals surface area contributed by atoms with Crippen LogP contribution in [0.1, 0.15) is 38.5 Å². The molecule has 1 saturated carbocycles. The van der Waals surface area contributed by atoms with E-state index in [1.807, 2.05) is 24.3 Å². The molecule has 0 radical (unpaired) electrons. The van der Waals surface area contributed by atoms with E-state index in [4.69, 9.17) is 16.3 Å². The second-order valence-corrected chi connectivity index (χ2v) is 4.62. The smallest absolute Gasteiger partial charge is 0.119 e. The zero-order valence-electron chi connectivity index (χ0n) is 8.92. The molecule has 0 N–H and O–H groups in total. The highest BCUT2D eigenvalue weighted by atomic mass is 35.5. The molecule has 2 heteroatoms. The number of ether oxygens (including phenoxy) is 1. The van der Waals surface area contributed by atoms with Gasteiger partial charge in [0.15, 0.2) is 0 Å². The van der Waals surface area contributed by atoms with Gasteiger partial charge in [0.25, 0.3) is 0 Å². The Morgan fingerprint density at radius 1 is 0.933 bits per heavy atom. The first kappa shape index (κ1) is 10.8. The highest BCUT2D eigenvalue weighted by Crippen LogP contribution is 2.23. The summed E-state index contributed by atoms with van der Waals surface area (Å²) in [6.07, 6.45) is 8.14.